The zero-order valence-corrected chi connectivity index (χ0v) is 11.8. The van der Waals surface area contributed by atoms with Crippen LogP contribution < -0.4 is 5.32 Å². The molecule has 1 aromatic rings. The molecule has 0 aliphatic heterocycles. The van der Waals surface area contributed by atoms with E-state index in [1.807, 2.05) is 32.0 Å². The summed E-state index contributed by atoms with van der Waals surface area (Å²) in [5.41, 5.74) is 3.23. The Hall–Kier alpha value is -0.880. The van der Waals surface area contributed by atoms with Crippen LogP contribution >= 0.6 is 7.26 Å². The fourth-order valence-electron chi connectivity index (χ4n) is 1.68. The standard InChI is InChI=1S/C13H22NOP/c1-10-7-6-8-11(2)13(10)14-12(15)9-16(3,4)5/h6-8,16H,9H2,1-5H3,(H,14,15). The second-order valence-electron chi connectivity index (χ2n) is 5.55. The molecule has 0 aliphatic carbocycles. The fraction of sp³-hybridized carbons (Fsp3) is 0.462. The molecule has 16 heavy (non-hydrogen) atoms. The summed E-state index contributed by atoms with van der Waals surface area (Å²) in [4.78, 5) is 11.9. The number of hydrogen-bond donors (Lipinski definition) is 1. The van der Waals surface area contributed by atoms with Gasteiger partial charge >= 0.3 is 98.3 Å². The van der Waals surface area contributed by atoms with E-state index < -0.39 is 7.26 Å². The quantitative estimate of drug-likeness (QED) is 0.807. The van der Waals surface area contributed by atoms with Gasteiger partial charge in [0.15, 0.2) is 0 Å². The maximum absolute atomic E-state index is 11.9. The Bertz CT molecular complexity index is 373. The molecular formula is C13H22NOP. The predicted octanol–water partition coefficient (Wildman–Crippen LogP) is 2.88. The minimum atomic E-state index is -1.32. The normalized spacial score (nSPS) is 12.3. The van der Waals surface area contributed by atoms with Gasteiger partial charge in [-0.25, -0.2) is 0 Å². The first-order valence-corrected chi connectivity index (χ1v) is 9.36. The summed E-state index contributed by atoms with van der Waals surface area (Å²) in [5, 5.41) is 3.03. The predicted molar refractivity (Wildman–Crippen MR) is 75.5 cm³/mol. The van der Waals surface area contributed by atoms with Gasteiger partial charge in [-0.05, 0) is 0 Å². The van der Waals surface area contributed by atoms with Crippen molar-refractivity contribution in [2.24, 2.45) is 0 Å². The molecule has 2 nitrogen and oxygen atoms in total. The van der Waals surface area contributed by atoms with E-state index in [0.29, 0.717) is 6.16 Å². The van der Waals surface area contributed by atoms with Crippen molar-refractivity contribution in [1.82, 2.24) is 0 Å². The fourth-order valence-corrected chi connectivity index (χ4v) is 2.73. The van der Waals surface area contributed by atoms with Crippen LogP contribution in [0.1, 0.15) is 11.1 Å². The summed E-state index contributed by atoms with van der Waals surface area (Å²) in [6, 6.07) is 6.06. The van der Waals surface area contributed by atoms with Gasteiger partial charge in [-0.1, -0.05) is 0 Å². The number of rotatable bonds is 3. The number of nitrogens with one attached hydrogen (secondary N) is 1. The first kappa shape index (κ1) is 13.2. The third-order valence-electron chi connectivity index (χ3n) is 2.44. The van der Waals surface area contributed by atoms with Crippen molar-refractivity contribution in [3.63, 3.8) is 0 Å². The molecule has 0 atom stereocenters. The number of amides is 1. The van der Waals surface area contributed by atoms with Gasteiger partial charge < -0.3 is 0 Å². The Morgan fingerprint density at radius 1 is 1.19 bits per heavy atom. The molecule has 1 N–H and O–H groups in total. The van der Waals surface area contributed by atoms with Crippen LogP contribution in [0.3, 0.4) is 0 Å². The van der Waals surface area contributed by atoms with E-state index in [1.165, 1.54) is 0 Å². The molecule has 0 spiro atoms. The topological polar surface area (TPSA) is 29.1 Å². The van der Waals surface area contributed by atoms with Gasteiger partial charge in [-0.15, -0.1) is 0 Å². The molecule has 90 valence electrons. The number of aryl methyl sites for hydroxylation is 2. The van der Waals surface area contributed by atoms with Crippen molar-refractivity contribution in [2.75, 3.05) is 31.5 Å². The van der Waals surface area contributed by atoms with E-state index >= 15 is 0 Å². The van der Waals surface area contributed by atoms with Crippen LogP contribution in [0.2, 0.25) is 0 Å². The summed E-state index contributed by atoms with van der Waals surface area (Å²) >= 11 is 0. The van der Waals surface area contributed by atoms with E-state index in [1.54, 1.807) is 0 Å². The van der Waals surface area contributed by atoms with E-state index in [9.17, 15) is 4.79 Å². The van der Waals surface area contributed by atoms with Gasteiger partial charge in [-0.3, -0.25) is 0 Å². The molecule has 1 aromatic carbocycles. The number of carbonyl (C=O) groups excluding carboxylic acids is 1. The third-order valence-corrected chi connectivity index (χ3v) is 3.82. The van der Waals surface area contributed by atoms with E-state index in [4.69, 9.17) is 0 Å². The van der Waals surface area contributed by atoms with Crippen molar-refractivity contribution in [2.45, 2.75) is 13.8 Å². The molecule has 1 amide bonds. The number of carbonyl (C=O) groups is 1. The molecule has 0 aliphatic rings. The summed E-state index contributed by atoms with van der Waals surface area (Å²) in [5.74, 6) is 0.150. The van der Waals surface area contributed by atoms with Crippen LogP contribution in [0.5, 0.6) is 0 Å². The van der Waals surface area contributed by atoms with Gasteiger partial charge in [0.25, 0.3) is 0 Å². The zero-order chi connectivity index (χ0) is 12.3. The van der Waals surface area contributed by atoms with Gasteiger partial charge in [0.2, 0.25) is 0 Å². The minimum absolute atomic E-state index is 0.150. The van der Waals surface area contributed by atoms with Gasteiger partial charge in [0.1, 0.15) is 0 Å². The monoisotopic (exact) mass is 239 g/mol. The van der Waals surface area contributed by atoms with E-state index in [-0.39, 0.29) is 5.91 Å². The molecule has 0 saturated heterocycles. The van der Waals surface area contributed by atoms with Crippen LogP contribution in [0.25, 0.3) is 0 Å². The Balaban J connectivity index is 2.78. The van der Waals surface area contributed by atoms with Gasteiger partial charge in [0, 0.05) is 0 Å². The number of hydrogen-bond acceptors (Lipinski definition) is 1. The summed E-state index contributed by atoms with van der Waals surface area (Å²) in [6.45, 7) is 10.7. The van der Waals surface area contributed by atoms with Crippen molar-refractivity contribution in [3.05, 3.63) is 29.3 Å². The van der Waals surface area contributed by atoms with Gasteiger partial charge in [0.05, 0.1) is 0 Å². The molecule has 0 unspecified atom stereocenters. The van der Waals surface area contributed by atoms with Gasteiger partial charge in [-0.2, -0.15) is 0 Å². The van der Waals surface area contributed by atoms with Crippen molar-refractivity contribution in [3.8, 4) is 0 Å². The Morgan fingerprint density at radius 3 is 2.12 bits per heavy atom. The SMILES string of the molecule is Cc1cccc(C)c1NC(=O)C[PH](C)(C)C. The average molecular weight is 239 g/mol. The van der Waals surface area contributed by atoms with Crippen molar-refractivity contribution < 1.29 is 4.79 Å². The molecule has 0 aromatic heterocycles. The first-order valence-electron chi connectivity index (χ1n) is 5.66. The third kappa shape index (κ3) is 3.94. The van der Waals surface area contributed by atoms with Crippen LogP contribution in [-0.2, 0) is 4.79 Å². The Labute approximate surface area is 98.8 Å². The first-order chi connectivity index (χ1) is 7.29. The zero-order valence-electron chi connectivity index (χ0n) is 10.8. The second-order valence-corrected chi connectivity index (χ2v) is 11.0. The van der Waals surface area contributed by atoms with Crippen molar-refractivity contribution >= 4 is 18.9 Å². The summed E-state index contributed by atoms with van der Waals surface area (Å²) in [7, 11) is -1.32. The number of anilines is 1. The van der Waals surface area contributed by atoms with Crippen LogP contribution in [0, 0.1) is 13.8 Å². The molecular weight excluding hydrogens is 217 g/mol. The average Bonchev–Trinajstić information content (AvgIpc) is 2.08. The molecule has 1 rings (SSSR count). The Morgan fingerprint density at radius 2 is 1.69 bits per heavy atom. The second kappa shape index (κ2) is 4.97. The van der Waals surface area contributed by atoms with Crippen LogP contribution in [-0.4, -0.2) is 32.1 Å². The van der Waals surface area contributed by atoms with E-state index in [0.717, 1.165) is 16.8 Å². The van der Waals surface area contributed by atoms with Crippen LogP contribution in [0.4, 0.5) is 5.69 Å². The summed E-state index contributed by atoms with van der Waals surface area (Å²) < 4.78 is 0. The van der Waals surface area contributed by atoms with Crippen molar-refractivity contribution in [1.29, 1.82) is 0 Å². The number of benzene rings is 1. The Kier molecular flexibility index (Phi) is 4.09. The summed E-state index contributed by atoms with van der Waals surface area (Å²) in [6.07, 6.45) is 0.681. The molecule has 0 bridgehead atoms. The van der Waals surface area contributed by atoms with Crippen LogP contribution in [0.15, 0.2) is 18.2 Å². The molecule has 0 heterocycles. The van der Waals surface area contributed by atoms with E-state index in [2.05, 4.69) is 25.3 Å². The number of para-hydroxylation sites is 1. The molecule has 0 saturated carbocycles. The molecule has 0 radical (unpaired) electrons. The maximum atomic E-state index is 11.9. The molecule has 0 fully saturated rings. The molecule has 3 heteroatoms.